The van der Waals surface area contributed by atoms with E-state index in [1.807, 2.05) is 11.7 Å². The van der Waals surface area contributed by atoms with Crippen molar-refractivity contribution < 1.29 is 0 Å². The lowest BCUT2D eigenvalue weighted by atomic mass is 10.0. The van der Waals surface area contributed by atoms with Gasteiger partial charge < -0.3 is 0 Å². The second-order valence-corrected chi connectivity index (χ2v) is 3.97. The normalized spacial score (nSPS) is 10.7. The summed E-state index contributed by atoms with van der Waals surface area (Å²) >= 11 is 0. The van der Waals surface area contributed by atoms with Gasteiger partial charge in [0.1, 0.15) is 0 Å². The molecule has 0 bridgehead atoms. The van der Waals surface area contributed by atoms with Crippen molar-refractivity contribution in [3.8, 4) is 11.1 Å². The van der Waals surface area contributed by atoms with Crippen LogP contribution in [0.15, 0.2) is 30.3 Å². The van der Waals surface area contributed by atoms with Crippen LogP contribution in [0.4, 0.5) is 0 Å². The highest BCUT2D eigenvalue weighted by atomic mass is 15.3. The largest absolute Gasteiger partial charge is 0.272 e. The zero-order chi connectivity index (χ0) is 11.5. The van der Waals surface area contributed by atoms with E-state index in [0.717, 1.165) is 12.8 Å². The van der Waals surface area contributed by atoms with Gasteiger partial charge in [-0.25, -0.2) is 0 Å². The summed E-state index contributed by atoms with van der Waals surface area (Å²) in [5, 5.41) is 4.59. The molecule has 0 fully saturated rings. The first-order valence-electron chi connectivity index (χ1n) is 5.88. The maximum Gasteiger partial charge on any atom is 0.0703 e. The van der Waals surface area contributed by atoms with Crippen molar-refractivity contribution in [2.45, 2.75) is 26.7 Å². The summed E-state index contributed by atoms with van der Waals surface area (Å²) in [6.45, 7) is 4.34. The van der Waals surface area contributed by atoms with E-state index in [1.165, 1.54) is 22.5 Å². The molecule has 0 aliphatic carbocycles. The minimum atomic E-state index is 0.984. The van der Waals surface area contributed by atoms with E-state index in [2.05, 4.69) is 49.3 Å². The lowest BCUT2D eigenvalue weighted by Crippen LogP contribution is -1.97. The molecule has 0 spiro atoms. The summed E-state index contributed by atoms with van der Waals surface area (Å²) < 4.78 is 2.02. The van der Waals surface area contributed by atoms with Crippen molar-refractivity contribution in [2.24, 2.45) is 7.05 Å². The van der Waals surface area contributed by atoms with Crippen molar-refractivity contribution >= 4 is 0 Å². The summed E-state index contributed by atoms with van der Waals surface area (Å²) in [6, 6.07) is 10.5. The first kappa shape index (κ1) is 10.9. The average Bonchev–Trinajstić information content (AvgIpc) is 2.66. The molecule has 2 rings (SSSR count). The smallest absolute Gasteiger partial charge is 0.0703 e. The number of rotatable bonds is 3. The van der Waals surface area contributed by atoms with Gasteiger partial charge in [-0.1, -0.05) is 44.2 Å². The SMILES string of the molecule is CCc1nn(C)c(CC)c1-c1ccccc1. The number of hydrogen-bond acceptors (Lipinski definition) is 1. The Bertz CT molecular complexity index is 469. The summed E-state index contributed by atoms with van der Waals surface area (Å²) in [4.78, 5) is 0. The molecule has 1 aromatic carbocycles. The van der Waals surface area contributed by atoms with Crippen LogP contribution < -0.4 is 0 Å². The molecular formula is C14H18N2. The molecule has 0 radical (unpaired) electrons. The van der Waals surface area contributed by atoms with Crippen LogP contribution in [-0.2, 0) is 19.9 Å². The minimum Gasteiger partial charge on any atom is -0.272 e. The Kier molecular flexibility index (Phi) is 3.09. The van der Waals surface area contributed by atoms with Crippen LogP contribution in [0.1, 0.15) is 25.2 Å². The van der Waals surface area contributed by atoms with Gasteiger partial charge in [0.25, 0.3) is 0 Å². The van der Waals surface area contributed by atoms with Gasteiger partial charge in [-0.15, -0.1) is 0 Å². The van der Waals surface area contributed by atoms with Gasteiger partial charge in [0.15, 0.2) is 0 Å². The van der Waals surface area contributed by atoms with Gasteiger partial charge >= 0.3 is 0 Å². The van der Waals surface area contributed by atoms with E-state index in [9.17, 15) is 0 Å². The number of aromatic nitrogens is 2. The van der Waals surface area contributed by atoms with Crippen molar-refractivity contribution in [1.29, 1.82) is 0 Å². The Morgan fingerprint density at radius 1 is 1.06 bits per heavy atom. The quantitative estimate of drug-likeness (QED) is 0.767. The van der Waals surface area contributed by atoms with Crippen molar-refractivity contribution in [3.05, 3.63) is 41.7 Å². The van der Waals surface area contributed by atoms with Crippen LogP contribution in [0.5, 0.6) is 0 Å². The fraction of sp³-hybridized carbons (Fsp3) is 0.357. The van der Waals surface area contributed by atoms with Crippen LogP contribution in [0, 0.1) is 0 Å². The summed E-state index contributed by atoms with van der Waals surface area (Å²) in [5.74, 6) is 0. The first-order chi connectivity index (χ1) is 7.77. The number of benzene rings is 1. The van der Waals surface area contributed by atoms with Crippen LogP contribution in [0.3, 0.4) is 0 Å². The zero-order valence-electron chi connectivity index (χ0n) is 10.2. The first-order valence-corrected chi connectivity index (χ1v) is 5.88. The standard InChI is InChI=1S/C14H18N2/c1-4-12-14(11-9-7-6-8-10-11)13(5-2)16(3)15-12/h6-10H,4-5H2,1-3H3. The topological polar surface area (TPSA) is 17.8 Å². The van der Waals surface area contributed by atoms with Gasteiger partial charge in [0, 0.05) is 18.3 Å². The molecule has 2 heteroatoms. The lowest BCUT2D eigenvalue weighted by Gasteiger charge is -2.04. The maximum atomic E-state index is 4.59. The van der Waals surface area contributed by atoms with Gasteiger partial charge in [-0.2, -0.15) is 5.10 Å². The molecular weight excluding hydrogens is 196 g/mol. The number of aryl methyl sites for hydroxylation is 2. The Morgan fingerprint density at radius 3 is 2.31 bits per heavy atom. The third-order valence-electron chi connectivity index (χ3n) is 2.97. The van der Waals surface area contributed by atoms with Crippen LogP contribution in [0.2, 0.25) is 0 Å². The Labute approximate surface area is 96.9 Å². The fourth-order valence-electron chi connectivity index (χ4n) is 2.21. The molecule has 1 heterocycles. The predicted octanol–water partition coefficient (Wildman–Crippen LogP) is 3.21. The molecule has 0 atom stereocenters. The molecule has 84 valence electrons. The van der Waals surface area contributed by atoms with E-state index >= 15 is 0 Å². The summed E-state index contributed by atoms with van der Waals surface area (Å²) in [5.41, 5.74) is 5.13. The third kappa shape index (κ3) is 1.75. The highest BCUT2D eigenvalue weighted by Crippen LogP contribution is 2.27. The Morgan fingerprint density at radius 2 is 1.75 bits per heavy atom. The van der Waals surface area contributed by atoms with E-state index in [-0.39, 0.29) is 0 Å². The second kappa shape index (κ2) is 4.52. The molecule has 0 aliphatic heterocycles. The van der Waals surface area contributed by atoms with Crippen LogP contribution in [0.25, 0.3) is 11.1 Å². The average molecular weight is 214 g/mol. The predicted molar refractivity (Wildman–Crippen MR) is 67.4 cm³/mol. The minimum absolute atomic E-state index is 0.984. The van der Waals surface area contributed by atoms with E-state index in [0.29, 0.717) is 0 Å². The molecule has 1 aromatic heterocycles. The Balaban J connectivity index is 2.62. The van der Waals surface area contributed by atoms with Gasteiger partial charge in [0.2, 0.25) is 0 Å². The van der Waals surface area contributed by atoms with E-state index in [1.54, 1.807) is 0 Å². The molecule has 0 saturated carbocycles. The highest BCUT2D eigenvalue weighted by molar-refractivity contribution is 5.68. The zero-order valence-corrected chi connectivity index (χ0v) is 10.2. The lowest BCUT2D eigenvalue weighted by molar-refractivity contribution is 0.705. The molecule has 0 aliphatic rings. The fourth-order valence-corrected chi connectivity index (χ4v) is 2.21. The van der Waals surface area contributed by atoms with Crippen LogP contribution in [-0.4, -0.2) is 9.78 Å². The third-order valence-corrected chi connectivity index (χ3v) is 2.97. The molecule has 0 N–H and O–H groups in total. The van der Waals surface area contributed by atoms with E-state index in [4.69, 9.17) is 0 Å². The number of nitrogens with zero attached hydrogens (tertiary/aromatic N) is 2. The molecule has 16 heavy (non-hydrogen) atoms. The van der Waals surface area contributed by atoms with Crippen molar-refractivity contribution in [3.63, 3.8) is 0 Å². The van der Waals surface area contributed by atoms with E-state index < -0.39 is 0 Å². The van der Waals surface area contributed by atoms with Gasteiger partial charge in [0.05, 0.1) is 5.69 Å². The summed E-state index contributed by atoms with van der Waals surface area (Å²) in [7, 11) is 2.03. The van der Waals surface area contributed by atoms with Crippen molar-refractivity contribution in [1.82, 2.24) is 9.78 Å². The summed E-state index contributed by atoms with van der Waals surface area (Å²) in [6.07, 6.45) is 2.01. The molecule has 2 aromatic rings. The highest BCUT2D eigenvalue weighted by Gasteiger charge is 2.14. The van der Waals surface area contributed by atoms with Gasteiger partial charge in [-0.05, 0) is 18.4 Å². The number of hydrogen-bond donors (Lipinski definition) is 0. The maximum absolute atomic E-state index is 4.59. The molecule has 0 saturated heterocycles. The monoisotopic (exact) mass is 214 g/mol. The molecule has 0 amide bonds. The second-order valence-electron chi connectivity index (χ2n) is 3.97. The Hall–Kier alpha value is -1.57. The van der Waals surface area contributed by atoms with Gasteiger partial charge in [-0.3, -0.25) is 4.68 Å². The van der Waals surface area contributed by atoms with Crippen LogP contribution >= 0.6 is 0 Å². The molecule has 2 nitrogen and oxygen atoms in total. The molecule has 0 unspecified atom stereocenters. The van der Waals surface area contributed by atoms with Crippen molar-refractivity contribution in [2.75, 3.05) is 0 Å².